The summed E-state index contributed by atoms with van der Waals surface area (Å²) in [4.78, 5) is 24.9. The second-order valence-corrected chi connectivity index (χ2v) is 6.39. The molecule has 0 unspecified atom stereocenters. The highest BCUT2D eigenvalue weighted by Gasteiger charge is 2.13. The first-order valence-corrected chi connectivity index (χ1v) is 8.79. The number of carbonyl (C=O) groups excluding carboxylic acids is 2. The third-order valence-electron chi connectivity index (χ3n) is 3.75. The van der Waals surface area contributed by atoms with Gasteiger partial charge in [-0.1, -0.05) is 12.1 Å². The molecule has 0 aliphatic carbocycles. The van der Waals surface area contributed by atoms with Crippen molar-refractivity contribution in [2.45, 2.75) is 20.4 Å². The van der Waals surface area contributed by atoms with Crippen LogP contribution < -0.4 is 5.32 Å². The third kappa shape index (κ3) is 4.31. The number of hydrogen-bond acceptors (Lipinski definition) is 7. The number of amides is 1. The first-order valence-electron chi connectivity index (χ1n) is 7.85. The van der Waals surface area contributed by atoms with Crippen LogP contribution in [-0.4, -0.2) is 38.7 Å². The summed E-state index contributed by atoms with van der Waals surface area (Å²) in [7, 11) is 0. The van der Waals surface area contributed by atoms with E-state index in [-0.39, 0.29) is 13.2 Å². The van der Waals surface area contributed by atoms with Crippen molar-refractivity contribution >= 4 is 28.9 Å². The Labute approximate surface area is 153 Å². The van der Waals surface area contributed by atoms with Crippen LogP contribution in [0.15, 0.2) is 35.0 Å². The number of rotatable bonds is 6. The largest absolute Gasteiger partial charge is 0.454 e. The summed E-state index contributed by atoms with van der Waals surface area (Å²) >= 11 is 1.52. The zero-order valence-electron chi connectivity index (χ0n) is 14.3. The van der Waals surface area contributed by atoms with E-state index in [9.17, 15) is 9.59 Å². The minimum atomic E-state index is -0.615. The Hall–Kier alpha value is -3.07. The number of esters is 1. The number of ether oxygens (including phenoxy) is 1. The van der Waals surface area contributed by atoms with E-state index in [4.69, 9.17) is 4.74 Å². The van der Waals surface area contributed by atoms with E-state index in [1.165, 1.54) is 11.3 Å². The molecular formula is C17H17N5O3S. The van der Waals surface area contributed by atoms with Gasteiger partial charge in [-0.05, 0) is 47.7 Å². The number of carbonyl (C=O) groups is 2. The second-order valence-electron chi connectivity index (χ2n) is 5.61. The van der Waals surface area contributed by atoms with E-state index < -0.39 is 11.9 Å². The Morgan fingerprint density at radius 2 is 2.12 bits per heavy atom. The van der Waals surface area contributed by atoms with E-state index in [1.807, 2.05) is 42.8 Å². The van der Waals surface area contributed by atoms with Crippen LogP contribution in [0.4, 0.5) is 5.69 Å². The number of anilines is 1. The number of nitrogens with zero attached hydrogens (tertiary/aromatic N) is 4. The van der Waals surface area contributed by atoms with Gasteiger partial charge in [0.25, 0.3) is 5.91 Å². The van der Waals surface area contributed by atoms with E-state index in [0.717, 1.165) is 21.5 Å². The van der Waals surface area contributed by atoms with Gasteiger partial charge in [0.15, 0.2) is 13.2 Å². The highest BCUT2D eigenvalue weighted by atomic mass is 32.1. The molecule has 2 aromatic heterocycles. The van der Waals surface area contributed by atoms with Gasteiger partial charge < -0.3 is 10.1 Å². The number of thiophene rings is 1. The molecule has 1 N–H and O–H groups in total. The first-order chi connectivity index (χ1) is 12.5. The van der Waals surface area contributed by atoms with Crippen LogP contribution in [0, 0.1) is 13.8 Å². The fraction of sp³-hybridized carbons (Fsp3) is 0.235. The summed E-state index contributed by atoms with van der Waals surface area (Å²) in [6.07, 6.45) is 0. The zero-order valence-corrected chi connectivity index (χ0v) is 15.1. The van der Waals surface area contributed by atoms with Crippen LogP contribution in [0.3, 0.4) is 0 Å². The fourth-order valence-corrected chi connectivity index (χ4v) is 2.83. The number of aryl methyl sites for hydroxylation is 1. The third-order valence-corrected chi connectivity index (χ3v) is 4.43. The number of tetrazole rings is 1. The summed E-state index contributed by atoms with van der Waals surface area (Å²) in [5.41, 5.74) is 3.57. The standard InChI is InChI=1S/C17H17N5O3S/c1-11-4-3-5-14(12(11)2)18-15(23)9-25-16(24)8-22-20-17(19-21-22)13-6-7-26-10-13/h3-7,10H,8-9H2,1-2H3,(H,18,23). The molecule has 134 valence electrons. The Bertz CT molecular complexity index is 920. The lowest BCUT2D eigenvalue weighted by Crippen LogP contribution is -2.24. The molecule has 1 aromatic carbocycles. The van der Waals surface area contributed by atoms with Crippen LogP contribution in [0.25, 0.3) is 11.4 Å². The molecule has 0 aliphatic rings. The summed E-state index contributed by atoms with van der Waals surface area (Å²) in [5.74, 6) is -0.584. The minimum absolute atomic E-state index is 0.214. The molecule has 0 radical (unpaired) electrons. The molecule has 0 saturated carbocycles. The average Bonchev–Trinajstić information content (AvgIpc) is 3.28. The van der Waals surface area contributed by atoms with Gasteiger partial charge in [-0.25, -0.2) is 4.79 Å². The van der Waals surface area contributed by atoms with E-state index in [1.54, 1.807) is 6.07 Å². The molecule has 3 rings (SSSR count). The molecule has 2 heterocycles. The molecule has 1 amide bonds. The Kier molecular flexibility index (Phi) is 5.37. The average molecular weight is 371 g/mol. The van der Waals surface area contributed by atoms with Gasteiger partial charge in [-0.3, -0.25) is 4.79 Å². The molecule has 0 bridgehead atoms. The van der Waals surface area contributed by atoms with Crippen molar-refractivity contribution in [1.29, 1.82) is 0 Å². The predicted octanol–water partition coefficient (Wildman–Crippen LogP) is 2.20. The van der Waals surface area contributed by atoms with Gasteiger partial charge in [-0.2, -0.15) is 16.1 Å². The van der Waals surface area contributed by atoms with Crippen LogP contribution >= 0.6 is 11.3 Å². The normalized spacial score (nSPS) is 10.5. The van der Waals surface area contributed by atoms with Crippen LogP contribution in [-0.2, 0) is 20.9 Å². The number of nitrogens with one attached hydrogen (secondary N) is 1. The van der Waals surface area contributed by atoms with Crippen molar-refractivity contribution < 1.29 is 14.3 Å². The Morgan fingerprint density at radius 1 is 1.27 bits per heavy atom. The number of aromatic nitrogens is 4. The Morgan fingerprint density at radius 3 is 2.88 bits per heavy atom. The van der Waals surface area contributed by atoms with Crippen LogP contribution in [0.1, 0.15) is 11.1 Å². The molecule has 8 nitrogen and oxygen atoms in total. The van der Waals surface area contributed by atoms with Crippen molar-refractivity contribution in [1.82, 2.24) is 20.2 Å². The lowest BCUT2D eigenvalue weighted by Gasteiger charge is -2.10. The maximum absolute atomic E-state index is 12.0. The maximum atomic E-state index is 12.0. The van der Waals surface area contributed by atoms with Gasteiger partial charge in [0.05, 0.1) is 0 Å². The lowest BCUT2D eigenvalue weighted by atomic mass is 10.1. The first kappa shape index (κ1) is 17.7. The van der Waals surface area contributed by atoms with E-state index in [0.29, 0.717) is 11.5 Å². The Balaban J connectivity index is 1.49. The topological polar surface area (TPSA) is 99.0 Å². The van der Waals surface area contributed by atoms with E-state index in [2.05, 4.69) is 20.7 Å². The number of hydrogen-bond donors (Lipinski definition) is 1. The molecular weight excluding hydrogens is 354 g/mol. The SMILES string of the molecule is Cc1cccc(NC(=O)COC(=O)Cn2nnc(-c3ccsc3)n2)c1C. The minimum Gasteiger partial charge on any atom is -0.454 e. The molecule has 3 aromatic rings. The molecule has 9 heteroatoms. The smallest absolute Gasteiger partial charge is 0.330 e. The zero-order chi connectivity index (χ0) is 18.5. The summed E-state index contributed by atoms with van der Waals surface area (Å²) in [6, 6.07) is 7.47. The quantitative estimate of drug-likeness (QED) is 0.667. The van der Waals surface area contributed by atoms with Crippen molar-refractivity contribution in [3.8, 4) is 11.4 Å². The molecule has 26 heavy (non-hydrogen) atoms. The van der Waals surface area contributed by atoms with Crippen molar-refractivity contribution in [2.75, 3.05) is 11.9 Å². The monoisotopic (exact) mass is 371 g/mol. The van der Waals surface area contributed by atoms with Gasteiger partial charge >= 0.3 is 5.97 Å². The molecule has 0 fully saturated rings. The summed E-state index contributed by atoms with van der Waals surface area (Å²) in [6.45, 7) is 3.28. The highest BCUT2D eigenvalue weighted by Crippen LogP contribution is 2.18. The molecule has 0 saturated heterocycles. The van der Waals surface area contributed by atoms with Gasteiger partial charge in [-0.15, -0.1) is 10.2 Å². The second kappa shape index (κ2) is 7.87. The lowest BCUT2D eigenvalue weighted by molar-refractivity contribution is -0.148. The highest BCUT2D eigenvalue weighted by molar-refractivity contribution is 7.08. The fourth-order valence-electron chi connectivity index (χ4n) is 2.20. The van der Waals surface area contributed by atoms with Gasteiger partial charge in [0.2, 0.25) is 5.82 Å². The van der Waals surface area contributed by atoms with Crippen molar-refractivity contribution in [3.05, 3.63) is 46.2 Å². The molecule has 0 atom stereocenters. The predicted molar refractivity (Wildman–Crippen MR) is 96.6 cm³/mol. The molecule has 0 aliphatic heterocycles. The summed E-state index contributed by atoms with van der Waals surface area (Å²) in [5, 5.41) is 18.3. The molecule has 0 spiro atoms. The van der Waals surface area contributed by atoms with E-state index >= 15 is 0 Å². The van der Waals surface area contributed by atoms with Crippen molar-refractivity contribution in [3.63, 3.8) is 0 Å². The maximum Gasteiger partial charge on any atom is 0.330 e. The van der Waals surface area contributed by atoms with Gasteiger partial charge in [0.1, 0.15) is 0 Å². The van der Waals surface area contributed by atoms with Crippen molar-refractivity contribution in [2.24, 2.45) is 0 Å². The van der Waals surface area contributed by atoms with Crippen LogP contribution in [0.2, 0.25) is 0 Å². The summed E-state index contributed by atoms with van der Waals surface area (Å²) < 4.78 is 4.97. The van der Waals surface area contributed by atoms with Gasteiger partial charge in [0, 0.05) is 16.6 Å². The van der Waals surface area contributed by atoms with Crippen LogP contribution in [0.5, 0.6) is 0 Å². The number of benzene rings is 1.